The van der Waals surface area contributed by atoms with Crippen molar-refractivity contribution >= 4 is 16.5 Å². The minimum absolute atomic E-state index is 0.0366. The van der Waals surface area contributed by atoms with Gasteiger partial charge in [0, 0.05) is 10.5 Å². The van der Waals surface area contributed by atoms with Gasteiger partial charge in [-0.05, 0) is 24.6 Å². The molecule has 1 aliphatic heterocycles. The van der Waals surface area contributed by atoms with E-state index in [0.29, 0.717) is 27.5 Å². The van der Waals surface area contributed by atoms with Crippen molar-refractivity contribution in [1.29, 1.82) is 0 Å². The topological polar surface area (TPSA) is 52.3 Å². The molecule has 1 atom stereocenters. The molecule has 0 bridgehead atoms. The molecule has 1 aromatic carbocycles. The molecular weight excluding hydrogens is 279 g/mol. The van der Waals surface area contributed by atoms with Gasteiger partial charge < -0.3 is 10.5 Å². The van der Waals surface area contributed by atoms with Crippen LogP contribution in [0.5, 0.6) is 5.75 Å². The summed E-state index contributed by atoms with van der Waals surface area (Å²) in [7, 11) is -1.41. The van der Waals surface area contributed by atoms with Gasteiger partial charge in [-0.3, -0.25) is 0 Å². The first-order chi connectivity index (χ1) is 8.83. The fourth-order valence-corrected chi connectivity index (χ4v) is 3.28. The zero-order valence-corrected chi connectivity index (χ0v) is 10.9. The van der Waals surface area contributed by atoms with E-state index >= 15 is 0 Å². The summed E-state index contributed by atoms with van der Waals surface area (Å²) in [6.07, 6.45) is -3.87. The zero-order valence-electron chi connectivity index (χ0n) is 10.1. The molecule has 0 aliphatic carbocycles. The summed E-state index contributed by atoms with van der Waals surface area (Å²) >= 11 is 0. The number of halogens is 3. The molecule has 7 heteroatoms. The lowest BCUT2D eigenvalue weighted by atomic mass is 10.1. The molecule has 0 fully saturated rings. The lowest BCUT2D eigenvalue weighted by Gasteiger charge is -2.10. The predicted octanol–water partition coefficient (Wildman–Crippen LogP) is 2.79. The Morgan fingerprint density at radius 2 is 2.05 bits per heavy atom. The standard InChI is InChI=1S/C12H12F3NO2S/c1-2-9-11(16)8-4-3-7(5-10(8)19(9)17)18-6-12(13,14)15/h3-5H,2,6,16H2,1H3. The van der Waals surface area contributed by atoms with Crippen LogP contribution in [0.1, 0.15) is 18.9 Å². The summed E-state index contributed by atoms with van der Waals surface area (Å²) in [5.41, 5.74) is 6.90. The van der Waals surface area contributed by atoms with Gasteiger partial charge >= 0.3 is 6.18 Å². The Bertz CT molecular complexity index is 567. The summed E-state index contributed by atoms with van der Waals surface area (Å²) in [6.45, 7) is 0.453. The van der Waals surface area contributed by atoms with Crippen molar-refractivity contribution in [3.05, 3.63) is 28.7 Å². The second-order valence-electron chi connectivity index (χ2n) is 4.02. The van der Waals surface area contributed by atoms with Gasteiger partial charge in [0.25, 0.3) is 0 Å². The third-order valence-corrected chi connectivity index (χ3v) is 4.38. The van der Waals surface area contributed by atoms with Crippen molar-refractivity contribution in [2.75, 3.05) is 6.61 Å². The SMILES string of the molecule is CCC1=C(N)c2ccc(OCC(F)(F)F)cc2S1=O. The van der Waals surface area contributed by atoms with Gasteiger partial charge in [-0.15, -0.1) is 0 Å². The Hall–Kier alpha value is -1.50. The summed E-state index contributed by atoms with van der Waals surface area (Å²) in [4.78, 5) is 1.01. The van der Waals surface area contributed by atoms with E-state index in [4.69, 9.17) is 5.73 Å². The average molecular weight is 291 g/mol. The quantitative estimate of drug-likeness (QED) is 0.931. The number of nitrogens with two attached hydrogens (primary N) is 1. The van der Waals surface area contributed by atoms with Crippen LogP contribution in [-0.2, 0) is 10.8 Å². The van der Waals surface area contributed by atoms with E-state index in [1.54, 1.807) is 0 Å². The van der Waals surface area contributed by atoms with Crippen molar-refractivity contribution < 1.29 is 22.1 Å². The Labute approximate surface area is 110 Å². The van der Waals surface area contributed by atoms with E-state index in [1.165, 1.54) is 18.2 Å². The maximum Gasteiger partial charge on any atom is 0.422 e. The van der Waals surface area contributed by atoms with Crippen LogP contribution in [0.15, 0.2) is 28.0 Å². The highest BCUT2D eigenvalue weighted by Crippen LogP contribution is 2.37. The van der Waals surface area contributed by atoms with E-state index in [2.05, 4.69) is 4.74 Å². The minimum Gasteiger partial charge on any atom is -0.484 e. The molecule has 104 valence electrons. The number of alkyl halides is 3. The van der Waals surface area contributed by atoms with Crippen molar-refractivity contribution in [3.63, 3.8) is 0 Å². The van der Waals surface area contributed by atoms with Crippen LogP contribution in [0.2, 0.25) is 0 Å². The van der Waals surface area contributed by atoms with Crippen molar-refractivity contribution in [2.45, 2.75) is 24.4 Å². The first kappa shape index (κ1) is 13.9. The maximum atomic E-state index is 12.1. The van der Waals surface area contributed by atoms with Crippen molar-refractivity contribution in [1.82, 2.24) is 0 Å². The van der Waals surface area contributed by atoms with Gasteiger partial charge in [0.05, 0.1) is 21.4 Å². The molecule has 0 spiro atoms. The molecule has 1 unspecified atom stereocenters. The van der Waals surface area contributed by atoms with Crippen LogP contribution < -0.4 is 10.5 Å². The Morgan fingerprint density at radius 1 is 1.37 bits per heavy atom. The number of rotatable bonds is 3. The van der Waals surface area contributed by atoms with Crippen molar-refractivity contribution in [3.8, 4) is 5.75 Å². The maximum absolute atomic E-state index is 12.1. The molecule has 19 heavy (non-hydrogen) atoms. The average Bonchev–Trinajstić information content (AvgIpc) is 2.58. The Morgan fingerprint density at radius 3 is 2.63 bits per heavy atom. The molecule has 2 N–H and O–H groups in total. The molecule has 0 radical (unpaired) electrons. The smallest absolute Gasteiger partial charge is 0.422 e. The second kappa shape index (κ2) is 4.88. The van der Waals surface area contributed by atoms with E-state index in [1.807, 2.05) is 6.92 Å². The summed E-state index contributed by atoms with van der Waals surface area (Å²) < 4.78 is 52.9. The van der Waals surface area contributed by atoms with Gasteiger partial charge in [0.1, 0.15) is 5.75 Å². The summed E-state index contributed by atoms with van der Waals surface area (Å²) in [6, 6.07) is 4.29. The third kappa shape index (κ3) is 2.75. The van der Waals surface area contributed by atoms with Crippen LogP contribution in [0.4, 0.5) is 13.2 Å². The van der Waals surface area contributed by atoms with Gasteiger partial charge in [0.2, 0.25) is 0 Å². The zero-order chi connectivity index (χ0) is 14.2. The highest BCUT2D eigenvalue weighted by Gasteiger charge is 2.30. The molecule has 0 saturated carbocycles. The normalized spacial score (nSPS) is 18.6. The summed E-state index contributed by atoms with van der Waals surface area (Å²) in [5, 5.41) is 0. The highest BCUT2D eigenvalue weighted by atomic mass is 32.2. The van der Waals surface area contributed by atoms with E-state index in [9.17, 15) is 17.4 Å². The van der Waals surface area contributed by atoms with Crippen LogP contribution in [0.3, 0.4) is 0 Å². The molecule has 1 heterocycles. The first-order valence-corrected chi connectivity index (χ1v) is 6.73. The second-order valence-corrected chi connectivity index (χ2v) is 5.49. The number of benzene rings is 1. The monoisotopic (exact) mass is 291 g/mol. The van der Waals surface area contributed by atoms with E-state index in [-0.39, 0.29) is 5.75 Å². The van der Waals surface area contributed by atoms with Gasteiger partial charge in [-0.1, -0.05) is 6.92 Å². The van der Waals surface area contributed by atoms with Crippen LogP contribution in [0, 0.1) is 0 Å². The van der Waals surface area contributed by atoms with Gasteiger partial charge in [-0.2, -0.15) is 13.2 Å². The Balaban J connectivity index is 2.26. The minimum atomic E-state index is -4.40. The predicted molar refractivity (Wildman–Crippen MR) is 65.8 cm³/mol. The first-order valence-electron chi connectivity index (χ1n) is 5.58. The number of ether oxygens (including phenoxy) is 1. The molecule has 1 aliphatic rings. The number of hydrogen-bond acceptors (Lipinski definition) is 3. The van der Waals surface area contributed by atoms with E-state index < -0.39 is 23.6 Å². The lowest BCUT2D eigenvalue weighted by Crippen LogP contribution is -2.19. The molecule has 0 amide bonds. The van der Waals surface area contributed by atoms with Crippen LogP contribution in [-0.4, -0.2) is 17.0 Å². The van der Waals surface area contributed by atoms with Crippen LogP contribution >= 0.6 is 0 Å². The molecule has 0 saturated heterocycles. The van der Waals surface area contributed by atoms with Gasteiger partial charge in [-0.25, -0.2) is 4.21 Å². The highest BCUT2D eigenvalue weighted by molar-refractivity contribution is 7.89. The Kier molecular flexibility index (Phi) is 3.58. The van der Waals surface area contributed by atoms with Crippen LogP contribution in [0.25, 0.3) is 5.70 Å². The third-order valence-electron chi connectivity index (χ3n) is 2.69. The molecule has 0 aromatic heterocycles. The van der Waals surface area contributed by atoms with Gasteiger partial charge in [0.15, 0.2) is 6.61 Å². The molecule has 3 nitrogen and oxygen atoms in total. The largest absolute Gasteiger partial charge is 0.484 e. The number of fused-ring (bicyclic) bond motifs is 1. The fraction of sp³-hybridized carbons (Fsp3) is 0.333. The summed E-state index contributed by atoms with van der Waals surface area (Å²) in [5.74, 6) is 0.0366. The van der Waals surface area contributed by atoms with Crippen molar-refractivity contribution in [2.24, 2.45) is 5.73 Å². The molecular formula is C12H12F3NO2S. The lowest BCUT2D eigenvalue weighted by molar-refractivity contribution is -0.153. The van der Waals surface area contributed by atoms with E-state index in [0.717, 1.165) is 0 Å². The number of allylic oxidation sites excluding steroid dienone is 1. The number of hydrogen-bond donors (Lipinski definition) is 1. The molecule has 1 aromatic rings. The fourth-order valence-electron chi connectivity index (χ4n) is 1.84. The molecule has 2 rings (SSSR count).